The first-order chi connectivity index (χ1) is 31.5. The number of nitrogens with zero attached hydrogens (tertiary/aromatic N) is 8. The highest BCUT2D eigenvalue weighted by Crippen LogP contribution is 2.34. The molecule has 26 nitrogen and oxygen atoms in total. The van der Waals surface area contributed by atoms with E-state index in [2.05, 4.69) is 15.3 Å². The van der Waals surface area contributed by atoms with Crippen LogP contribution >= 0.6 is 0 Å². The van der Waals surface area contributed by atoms with Gasteiger partial charge < -0.3 is 68.2 Å². The number of carbonyl (C=O) groups excluding carboxylic acids is 8. The third kappa shape index (κ3) is 15.3. The summed E-state index contributed by atoms with van der Waals surface area (Å²) in [5.74, 6) is -5.02. The largest absolute Gasteiger partial charge is 0.480 e. The number of amides is 10. The summed E-state index contributed by atoms with van der Waals surface area (Å²) in [6.45, 7) is 13.6. The Morgan fingerprint density at radius 2 is 1.06 bits per heavy atom. The Labute approximate surface area is 389 Å². The van der Waals surface area contributed by atoms with E-state index in [4.69, 9.17) is 38.1 Å². The van der Waals surface area contributed by atoms with Gasteiger partial charge in [0.2, 0.25) is 29.5 Å². The molecule has 6 atom stereocenters. The van der Waals surface area contributed by atoms with Crippen LogP contribution in [-0.2, 0) is 38.2 Å². The van der Waals surface area contributed by atoms with Crippen molar-refractivity contribution in [3.8, 4) is 0 Å². The van der Waals surface area contributed by atoms with Gasteiger partial charge in [-0.3, -0.25) is 38.9 Å². The summed E-state index contributed by atoms with van der Waals surface area (Å²) >= 11 is 0. The second-order valence-corrected chi connectivity index (χ2v) is 17.4. The molecule has 4 heterocycles. The smallest absolute Gasteiger partial charge is 0.410 e. The molecule has 10 amide bonds. The van der Waals surface area contributed by atoms with Gasteiger partial charge in [0.05, 0.1) is 24.5 Å². The molecule has 26 heteroatoms. The Hall–Kier alpha value is -6.47. The predicted molar refractivity (Wildman–Crippen MR) is 241 cm³/mol. The number of imide groups is 2. The maximum atomic E-state index is 13.1. The first-order valence-corrected chi connectivity index (χ1v) is 22.5. The molecule has 0 aliphatic carbocycles. The van der Waals surface area contributed by atoms with E-state index < -0.39 is 78.2 Å². The fraction of sp³-hybridized carbons (Fsp3) is 0.732. The van der Waals surface area contributed by atoms with Crippen molar-refractivity contribution in [3.63, 3.8) is 0 Å². The van der Waals surface area contributed by atoms with Crippen LogP contribution in [0.4, 0.5) is 14.4 Å². The molecule has 0 saturated carbocycles. The Morgan fingerprint density at radius 3 is 1.48 bits per heavy atom. The first-order valence-electron chi connectivity index (χ1n) is 22.5. The number of carboxylic acids is 1. The number of hydrogen-bond donors (Lipinski definition) is 7. The third-order valence-electron chi connectivity index (χ3n) is 12.1. The number of hydrogen-bond acceptors (Lipinski definition) is 13. The van der Waals surface area contributed by atoms with Crippen molar-refractivity contribution in [1.82, 2.24) is 34.7 Å². The molecule has 0 radical (unpaired) electrons. The SMILES string of the molecule is CC(C)C(C)OC(=O)N1CCN(C(=O)N2C(=O)[C@H](CCCN=C(N)N)C2C(=O)NCC(N)=O)CC1.CC(C)C(C)OCC(=O)N1CCN(C(=O)N2C(=O)[C@H](CCCN=C(N)N)C2C(=O)O)CC1. The maximum absolute atomic E-state index is 13.1. The summed E-state index contributed by atoms with van der Waals surface area (Å²) in [6.07, 6.45) is 0.658. The average molecular weight is 951 g/mol. The van der Waals surface area contributed by atoms with Gasteiger partial charge in [0.15, 0.2) is 18.0 Å². The molecule has 0 aromatic carbocycles. The number of rotatable bonds is 18. The second-order valence-electron chi connectivity index (χ2n) is 17.4. The van der Waals surface area contributed by atoms with E-state index in [0.717, 1.165) is 9.80 Å². The van der Waals surface area contributed by atoms with Crippen molar-refractivity contribution < 1.29 is 57.7 Å². The summed E-state index contributed by atoms with van der Waals surface area (Å²) in [6, 6.07) is -3.55. The summed E-state index contributed by atoms with van der Waals surface area (Å²) < 4.78 is 11.0. The Bertz CT molecular complexity index is 1860. The van der Waals surface area contributed by atoms with Gasteiger partial charge in [-0.05, 0) is 51.4 Å². The molecule has 4 unspecified atom stereocenters. The molecule has 4 aliphatic rings. The van der Waals surface area contributed by atoms with E-state index in [0.29, 0.717) is 31.8 Å². The van der Waals surface area contributed by atoms with E-state index in [1.165, 1.54) is 14.7 Å². The van der Waals surface area contributed by atoms with Gasteiger partial charge in [0.25, 0.3) is 0 Å². The van der Waals surface area contributed by atoms with E-state index in [1.807, 2.05) is 41.5 Å². The number of piperazine rings is 2. The van der Waals surface area contributed by atoms with Gasteiger partial charge in [0.1, 0.15) is 18.8 Å². The number of aliphatic imine (C=N–C) groups is 2. The summed E-state index contributed by atoms with van der Waals surface area (Å²) in [4.78, 5) is 127. The minimum absolute atomic E-state index is 0.0273. The number of aliphatic carboxylic acids is 1. The van der Waals surface area contributed by atoms with Crippen LogP contribution in [0.3, 0.4) is 0 Å². The lowest BCUT2D eigenvalue weighted by Gasteiger charge is -2.47. The van der Waals surface area contributed by atoms with Crippen LogP contribution in [0, 0.1) is 23.7 Å². The van der Waals surface area contributed by atoms with Gasteiger partial charge in [0, 0.05) is 65.4 Å². The van der Waals surface area contributed by atoms with E-state index in [-0.39, 0.29) is 108 Å². The minimum atomic E-state index is -1.23. The molecule has 0 bridgehead atoms. The number of guanidine groups is 2. The molecular weight excluding hydrogens is 881 g/mol. The van der Waals surface area contributed by atoms with Crippen molar-refractivity contribution in [2.45, 2.75) is 91.5 Å². The quantitative estimate of drug-likeness (QED) is 0.0328. The zero-order valence-corrected chi connectivity index (χ0v) is 39.3. The van der Waals surface area contributed by atoms with Crippen LogP contribution in [0.1, 0.15) is 67.2 Å². The standard InChI is InChI=1S/C21H36N8O6.C20H34N6O6/c1-12(2)13(3)35-21(34)28-9-7-27(8-10-28)20(33)29-16(17(31)26-11-15(22)30)14(18(29)32)5-4-6-25-19(23)24;1-12(2)13(3)32-11-15(27)24-7-9-25(10-8-24)20(31)26-16(18(29)30)14(17(26)28)5-4-6-23-19(21)22/h12-14,16H,4-11H2,1-3H3,(H2,22,30)(H,26,31)(H4,23,24,25);12-14,16H,4-11H2,1-3H3,(H,29,30)(H4,21,22,23)/t2*13?,14-,16?/m11/s1. The fourth-order valence-corrected chi connectivity index (χ4v) is 7.37. The van der Waals surface area contributed by atoms with E-state index in [9.17, 15) is 48.3 Å². The summed E-state index contributed by atoms with van der Waals surface area (Å²) in [7, 11) is 0. The molecular formula is C41H70N14O12. The number of carboxylic acid groups (broad SMARTS) is 1. The topological polar surface area (TPSA) is 379 Å². The third-order valence-corrected chi connectivity index (χ3v) is 12.1. The zero-order chi connectivity index (χ0) is 50.3. The highest BCUT2D eigenvalue weighted by Gasteiger charge is 2.56. The highest BCUT2D eigenvalue weighted by atomic mass is 16.6. The van der Waals surface area contributed by atoms with Crippen molar-refractivity contribution in [2.75, 3.05) is 78.6 Å². The monoisotopic (exact) mass is 951 g/mol. The molecule has 0 spiro atoms. The van der Waals surface area contributed by atoms with Gasteiger partial charge >= 0.3 is 24.1 Å². The number of nitrogens with one attached hydrogen (secondary N) is 1. The van der Waals surface area contributed by atoms with Crippen LogP contribution in [-0.4, -0.2) is 203 Å². The maximum Gasteiger partial charge on any atom is 0.410 e. The first kappa shape index (κ1) is 54.9. The molecule has 4 fully saturated rings. The normalized spacial score (nSPS) is 21.3. The highest BCUT2D eigenvalue weighted by molar-refractivity contribution is 6.09. The molecule has 0 aromatic rings. The number of nitrogens with two attached hydrogens (primary N) is 5. The van der Waals surface area contributed by atoms with Crippen LogP contribution in [0.25, 0.3) is 0 Å². The molecule has 376 valence electrons. The van der Waals surface area contributed by atoms with Gasteiger partial charge in [-0.2, -0.15) is 0 Å². The van der Waals surface area contributed by atoms with Gasteiger partial charge in [-0.15, -0.1) is 0 Å². The van der Waals surface area contributed by atoms with Gasteiger partial charge in [-0.25, -0.2) is 24.1 Å². The number of carbonyl (C=O) groups is 9. The lowest BCUT2D eigenvalue weighted by molar-refractivity contribution is -0.167. The Kier molecular flexibility index (Phi) is 20.8. The number of urea groups is 2. The number of primary amides is 1. The van der Waals surface area contributed by atoms with E-state index in [1.54, 1.807) is 4.90 Å². The Balaban J connectivity index is 0.000000357. The molecule has 0 aromatic heterocycles. The summed E-state index contributed by atoms with van der Waals surface area (Å²) in [5.41, 5.74) is 26.2. The van der Waals surface area contributed by atoms with Crippen molar-refractivity contribution in [3.05, 3.63) is 0 Å². The number of ether oxygens (including phenoxy) is 2. The van der Waals surface area contributed by atoms with Crippen LogP contribution in [0.2, 0.25) is 0 Å². The summed E-state index contributed by atoms with van der Waals surface area (Å²) in [5, 5.41) is 11.9. The van der Waals surface area contributed by atoms with E-state index >= 15 is 0 Å². The fourth-order valence-electron chi connectivity index (χ4n) is 7.37. The zero-order valence-electron chi connectivity index (χ0n) is 39.3. The predicted octanol–water partition coefficient (Wildman–Crippen LogP) is -2.34. The van der Waals surface area contributed by atoms with Crippen LogP contribution in [0.15, 0.2) is 9.98 Å². The number of likely N-dealkylation sites (tertiary alicyclic amines) is 2. The number of β-lactam (4-membered cyclic amide) rings is 2. The minimum Gasteiger partial charge on any atom is -0.480 e. The molecule has 4 aliphatic heterocycles. The molecule has 4 saturated heterocycles. The van der Waals surface area contributed by atoms with Gasteiger partial charge in [-0.1, -0.05) is 27.7 Å². The average Bonchev–Trinajstić information content (AvgIpc) is 3.27. The lowest BCUT2D eigenvalue weighted by atomic mass is 9.83. The second kappa shape index (κ2) is 25.4. The molecule has 12 N–H and O–H groups in total. The van der Waals surface area contributed by atoms with Crippen LogP contribution < -0.4 is 34.0 Å². The van der Waals surface area contributed by atoms with Crippen molar-refractivity contribution >= 4 is 65.6 Å². The lowest BCUT2D eigenvalue weighted by Crippen LogP contribution is -2.71. The van der Waals surface area contributed by atoms with Crippen molar-refractivity contribution in [1.29, 1.82) is 0 Å². The molecule has 4 rings (SSSR count). The van der Waals surface area contributed by atoms with Crippen LogP contribution in [0.5, 0.6) is 0 Å². The Morgan fingerprint density at radius 1 is 0.642 bits per heavy atom. The molecule has 67 heavy (non-hydrogen) atoms. The van der Waals surface area contributed by atoms with Crippen molar-refractivity contribution in [2.24, 2.45) is 62.3 Å².